The molecule has 0 heterocycles. The van der Waals surface area contributed by atoms with Crippen molar-refractivity contribution in [1.29, 1.82) is 0 Å². The number of benzene rings is 1. The average molecular weight is 271 g/mol. The number of hydrogen-bond acceptors (Lipinski definition) is 4. The minimum atomic E-state index is -3.94. The van der Waals surface area contributed by atoms with E-state index in [0.717, 1.165) is 0 Å². The van der Waals surface area contributed by atoms with Gasteiger partial charge in [-0.15, -0.1) is 0 Å². The molecule has 0 saturated carbocycles. The number of primary amides is 1. The van der Waals surface area contributed by atoms with Crippen LogP contribution < -0.4 is 15.8 Å². The van der Waals surface area contributed by atoms with Crippen LogP contribution in [0.1, 0.15) is 6.92 Å². The Bertz CT molecular complexity index is 542. The monoisotopic (exact) mass is 271 g/mol. The number of nitrogens with one attached hydrogen (secondary N) is 2. The zero-order valence-corrected chi connectivity index (χ0v) is 10.4. The lowest BCUT2D eigenvalue weighted by atomic mass is 10.3. The molecule has 0 spiro atoms. The van der Waals surface area contributed by atoms with E-state index in [1.54, 1.807) is 10.8 Å². The lowest BCUT2D eigenvalue weighted by Gasteiger charge is -2.11. The van der Waals surface area contributed by atoms with Gasteiger partial charge in [0.2, 0.25) is 5.91 Å². The van der Waals surface area contributed by atoms with Crippen LogP contribution in [0.4, 0.5) is 4.79 Å². The molecule has 0 aliphatic carbocycles. The Labute approximate surface area is 104 Å². The van der Waals surface area contributed by atoms with Crippen LogP contribution in [-0.2, 0) is 14.8 Å². The van der Waals surface area contributed by atoms with Gasteiger partial charge in [-0.25, -0.2) is 17.9 Å². The molecule has 1 atom stereocenters. The molecule has 1 rings (SSSR count). The minimum Gasteiger partial charge on any atom is -0.368 e. The predicted octanol–water partition coefficient (Wildman–Crippen LogP) is -0.452. The van der Waals surface area contributed by atoms with Crippen molar-refractivity contribution in [2.75, 3.05) is 0 Å². The maximum absolute atomic E-state index is 11.7. The molecular weight excluding hydrogens is 258 g/mol. The average Bonchev–Trinajstić information content (AvgIpc) is 2.29. The third-order valence-corrected chi connectivity index (χ3v) is 3.40. The van der Waals surface area contributed by atoms with Crippen LogP contribution in [0.2, 0.25) is 0 Å². The summed E-state index contributed by atoms with van der Waals surface area (Å²) < 4.78 is 25.2. The van der Waals surface area contributed by atoms with Crippen molar-refractivity contribution in [3.05, 3.63) is 30.3 Å². The highest BCUT2D eigenvalue weighted by Crippen LogP contribution is 2.06. The summed E-state index contributed by atoms with van der Waals surface area (Å²) in [5.41, 5.74) is 4.93. The smallest absolute Gasteiger partial charge is 0.329 e. The summed E-state index contributed by atoms with van der Waals surface area (Å²) in [5, 5.41) is 2.10. The van der Waals surface area contributed by atoms with Crippen molar-refractivity contribution in [1.82, 2.24) is 10.0 Å². The lowest BCUT2D eigenvalue weighted by molar-refractivity contribution is -0.119. The van der Waals surface area contributed by atoms with E-state index in [0.29, 0.717) is 0 Å². The van der Waals surface area contributed by atoms with Gasteiger partial charge in [0, 0.05) is 0 Å². The standard InChI is InChI=1S/C10H13N3O4S/c1-7(9(11)14)12-10(15)13-18(16,17)8-5-3-2-4-6-8/h2-7H,1H3,(H2,11,14)(H2,12,13,15). The van der Waals surface area contributed by atoms with E-state index >= 15 is 0 Å². The van der Waals surface area contributed by atoms with E-state index in [4.69, 9.17) is 5.73 Å². The third-order valence-electron chi connectivity index (χ3n) is 2.05. The maximum atomic E-state index is 11.7. The number of amides is 3. The molecule has 0 aliphatic heterocycles. The van der Waals surface area contributed by atoms with Gasteiger partial charge in [0.05, 0.1) is 4.90 Å². The van der Waals surface area contributed by atoms with Crippen LogP contribution in [0.3, 0.4) is 0 Å². The fraction of sp³-hybridized carbons (Fsp3) is 0.200. The highest BCUT2D eigenvalue weighted by Gasteiger charge is 2.19. The van der Waals surface area contributed by atoms with E-state index in [1.165, 1.54) is 31.2 Å². The zero-order valence-electron chi connectivity index (χ0n) is 9.58. The summed E-state index contributed by atoms with van der Waals surface area (Å²) in [5.74, 6) is -0.762. The molecule has 0 radical (unpaired) electrons. The molecule has 8 heteroatoms. The summed E-state index contributed by atoms with van der Waals surface area (Å²) in [7, 11) is -3.94. The van der Waals surface area contributed by atoms with Crippen LogP contribution >= 0.6 is 0 Å². The number of sulfonamides is 1. The predicted molar refractivity (Wildman–Crippen MR) is 64.0 cm³/mol. The number of carbonyl (C=O) groups is 2. The fourth-order valence-corrected chi connectivity index (χ4v) is 2.01. The number of urea groups is 1. The van der Waals surface area contributed by atoms with Gasteiger partial charge in [-0.05, 0) is 19.1 Å². The molecule has 1 unspecified atom stereocenters. The quantitative estimate of drug-likeness (QED) is 0.687. The Morgan fingerprint density at radius 2 is 1.78 bits per heavy atom. The van der Waals surface area contributed by atoms with Crippen LogP contribution in [0.15, 0.2) is 35.2 Å². The minimum absolute atomic E-state index is 0.0492. The molecule has 98 valence electrons. The first-order valence-electron chi connectivity index (χ1n) is 5.00. The SMILES string of the molecule is CC(NC(=O)NS(=O)(=O)c1ccccc1)C(N)=O. The molecule has 4 N–H and O–H groups in total. The first-order valence-corrected chi connectivity index (χ1v) is 6.49. The first kappa shape index (κ1) is 14.0. The van der Waals surface area contributed by atoms with Crippen molar-refractivity contribution < 1.29 is 18.0 Å². The lowest BCUT2D eigenvalue weighted by Crippen LogP contribution is -2.48. The van der Waals surface area contributed by atoms with Gasteiger partial charge in [-0.1, -0.05) is 18.2 Å². The van der Waals surface area contributed by atoms with Gasteiger partial charge in [-0.3, -0.25) is 4.79 Å². The first-order chi connectivity index (χ1) is 8.33. The molecule has 0 fully saturated rings. The number of nitrogens with two attached hydrogens (primary N) is 1. The maximum Gasteiger partial charge on any atom is 0.329 e. The molecular formula is C10H13N3O4S. The van der Waals surface area contributed by atoms with Crippen molar-refractivity contribution >= 4 is 22.0 Å². The highest BCUT2D eigenvalue weighted by atomic mass is 32.2. The molecule has 1 aromatic carbocycles. The Morgan fingerprint density at radius 1 is 1.22 bits per heavy atom. The van der Waals surface area contributed by atoms with Crippen molar-refractivity contribution in [2.45, 2.75) is 17.9 Å². The normalized spacial score (nSPS) is 12.5. The summed E-state index contributed by atoms with van der Waals surface area (Å²) in [6.07, 6.45) is 0. The van der Waals surface area contributed by atoms with Gasteiger partial charge >= 0.3 is 6.03 Å². The molecule has 1 aromatic rings. The highest BCUT2D eigenvalue weighted by molar-refractivity contribution is 7.90. The van der Waals surface area contributed by atoms with Gasteiger partial charge in [0.15, 0.2) is 0 Å². The van der Waals surface area contributed by atoms with Crippen LogP contribution in [-0.4, -0.2) is 26.4 Å². The van der Waals surface area contributed by atoms with E-state index in [-0.39, 0.29) is 4.90 Å². The summed E-state index contributed by atoms with van der Waals surface area (Å²) >= 11 is 0. The number of rotatable bonds is 4. The molecule has 18 heavy (non-hydrogen) atoms. The van der Waals surface area contributed by atoms with Crippen LogP contribution in [0, 0.1) is 0 Å². The molecule has 3 amide bonds. The second-order valence-electron chi connectivity index (χ2n) is 3.52. The van der Waals surface area contributed by atoms with Crippen molar-refractivity contribution in [3.63, 3.8) is 0 Å². The van der Waals surface area contributed by atoms with E-state index in [9.17, 15) is 18.0 Å². The number of carbonyl (C=O) groups excluding carboxylic acids is 2. The largest absolute Gasteiger partial charge is 0.368 e. The van der Waals surface area contributed by atoms with Gasteiger partial charge < -0.3 is 11.1 Å². The molecule has 0 saturated heterocycles. The van der Waals surface area contributed by atoms with Crippen molar-refractivity contribution in [2.24, 2.45) is 5.73 Å². The van der Waals surface area contributed by atoms with Gasteiger partial charge in [-0.2, -0.15) is 0 Å². The fourth-order valence-electron chi connectivity index (χ4n) is 1.08. The Morgan fingerprint density at radius 3 is 2.28 bits per heavy atom. The molecule has 0 aliphatic rings. The topological polar surface area (TPSA) is 118 Å². The molecule has 7 nitrogen and oxygen atoms in total. The Kier molecular flexibility index (Phi) is 4.27. The Hall–Kier alpha value is -2.09. The molecule has 0 aromatic heterocycles. The van der Waals surface area contributed by atoms with Crippen LogP contribution in [0.5, 0.6) is 0 Å². The summed E-state index contributed by atoms with van der Waals surface area (Å²) in [4.78, 5) is 22.0. The zero-order chi connectivity index (χ0) is 13.8. The van der Waals surface area contributed by atoms with Gasteiger partial charge in [0.25, 0.3) is 10.0 Å². The van der Waals surface area contributed by atoms with E-state index < -0.39 is 28.0 Å². The van der Waals surface area contributed by atoms with E-state index in [1.807, 2.05) is 0 Å². The number of hydrogen-bond donors (Lipinski definition) is 3. The summed E-state index contributed by atoms with van der Waals surface area (Å²) in [6, 6.07) is 5.41. The Balaban J connectivity index is 2.73. The van der Waals surface area contributed by atoms with Gasteiger partial charge in [0.1, 0.15) is 6.04 Å². The molecule has 0 bridgehead atoms. The second-order valence-corrected chi connectivity index (χ2v) is 5.20. The third kappa shape index (κ3) is 3.74. The van der Waals surface area contributed by atoms with E-state index in [2.05, 4.69) is 5.32 Å². The van der Waals surface area contributed by atoms with Crippen LogP contribution in [0.25, 0.3) is 0 Å². The van der Waals surface area contributed by atoms with Crippen molar-refractivity contribution in [3.8, 4) is 0 Å². The summed E-state index contributed by atoms with van der Waals surface area (Å²) in [6.45, 7) is 1.34. The second kappa shape index (κ2) is 5.50.